The summed E-state index contributed by atoms with van der Waals surface area (Å²) in [5.41, 5.74) is 0.312. The number of ketones is 1. The highest BCUT2D eigenvalue weighted by Gasteiger charge is 2.48. The Hall–Kier alpha value is -1.19. The van der Waals surface area contributed by atoms with E-state index < -0.39 is 11.7 Å². The van der Waals surface area contributed by atoms with Gasteiger partial charge in [0.05, 0.1) is 13.2 Å². The van der Waals surface area contributed by atoms with E-state index in [1.165, 1.54) is 6.42 Å². The van der Waals surface area contributed by atoms with Crippen LogP contribution in [0.15, 0.2) is 30.3 Å². The predicted molar refractivity (Wildman–Crippen MR) is 81.1 cm³/mol. The molecule has 1 saturated heterocycles. The van der Waals surface area contributed by atoms with Crippen LogP contribution in [0.5, 0.6) is 0 Å². The lowest BCUT2D eigenvalue weighted by atomic mass is 9.70. The van der Waals surface area contributed by atoms with Gasteiger partial charge >= 0.3 is 0 Å². The van der Waals surface area contributed by atoms with Crippen LogP contribution in [-0.2, 0) is 19.7 Å². The number of carbonyl (C=O) groups is 1. The molecule has 3 rings (SSSR count). The lowest BCUT2D eigenvalue weighted by molar-refractivity contribution is -0.148. The second-order valence-corrected chi connectivity index (χ2v) is 6.34. The molecule has 1 aliphatic heterocycles. The Morgan fingerprint density at radius 3 is 2.29 bits per heavy atom. The van der Waals surface area contributed by atoms with Crippen molar-refractivity contribution in [3.05, 3.63) is 35.9 Å². The third-order valence-electron chi connectivity index (χ3n) is 4.95. The molecule has 2 fully saturated rings. The normalized spacial score (nSPS) is 23.9. The number of ether oxygens (including phenoxy) is 2. The van der Waals surface area contributed by atoms with Crippen LogP contribution in [0.3, 0.4) is 0 Å². The lowest BCUT2D eigenvalue weighted by Gasteiger charge is -2.37. The maximum Gasteiger partial charge on any atom is 0.174 e. The molecule has 1 unspecified atom stereocenters. The summed E-state index contributed by atoms with van der Waals surface area (Å²) < 4.78 is 11.5. The molecular formula is C18H24O3. The van der Waals surface area contributed by atoms with Crippen molar-refractivity contribution >= 4 is 5.78 Å². The van der Waals surface area contributed by atoms with E-state index in [9.17, 15) is 4.79 Å². The Balaban J connectivity index is 1.93. The van der Waals surface area contributed by atoms with E-state index in [-0.39, 0.29) is 5.92 Å². The van der Waals surface area contributed by atoms with Gasteiger partial charge in [0.1, 0.15) is 5.41 Å². The molecule has 0 aromatic heterocycles. The summed E-state index contributed by atoms with van der Waals surface area (Å²) in [6.07, 6.45) is 5.14. The van der Waals surface area contributed by atoms with Crippen molar-refractivity contribution in [2.45, 2.75) is 50.7 Å². The van der Waals surface area contributed by atoms with Crippen LogP contribution >= 0.6 is 0 Å². The Labute approximate surface area is 126 Å². The summed E-state index contributed by atoms with van der Waals surface area (Å²) in [4.78, 5) is 13.2. The number of Topliss-reactive ketones (excluding diaryl/α,β-unsaturated/α-hetero) is 1. The molecule has 0 radical (unpaired) electrons. The van der Waals surface area contributed by atoms with Crippen LogP contribution in [0.1, 0.15) is 44.6 Å². The fourth-order valence-electron chi connectivity index (χ4n) is 3.66. The van der Waals surface area contributed by atoms with Gasteiger partial charge in [-0.2, -0.15) is 0 Å². The molecule has 0 bridgehead atoms. The Bertz CT molecular complexity index is 472. The summed E-state index contributed by atoms with van der Waals surface area (Å²) in [7, 11) is 0. The molecule has 1 aromatic carbocycles. The standard InChI is InChI=1S/C18H24O3/c1-18(17-20-12-13-21-17,15-10-6-3-7-11-15)16(19)14-8-4-2-5-9-14/h3,6-7,10-11,14,17H,2,4-5,8-9,12-13H2,1H3. The molecule has 1 aliphatic carbocycles. The van der Waals surface area contributed by atoms with E-state index in [2.05, 4.69) is 0 Å². The molecule has 1 heterocycles. The maximum atomic E-state index is 13.2. The van der Waals surface area contributed by atoms with E-state index in [0.717, 1.165) is 31.2 Å². The van der Waals surface area contributed by atoms with Gasteiger partial charge in [0.15, 0.2) is 12.1 Å². The van der Waals surface area contributed by atoms with Crippen molar-refractivity contribution in [3.8, 4) is 0 Å². The summed E-state index contributed by atoms with van der Waals surface area (Å²) in [5, 5.41) is 0. The van der Waals surface area contributed by atoms with E-state index in [1.54, 1.807) is 0 Å². The van der Waals surface area contributed by atoms with Crippen molar-refractivity contribution in [1.29, 1.82) is 0 Å². The van der Waals surface area contributed by atoms with E-state index in [0.29, 0.717) is 19.0 Å². The van der Waals surface area contributed by atoms with Gasteiger partial charge in [-0.1, -0.05) is 49.6 Å². The predicted octanol–water partition coefficient (Wildman–Crippen LogP) is 3.47. The molecule has 1 saturated carbocycles. The smallest absolute Gasteiger partial charge is 0.174 e. The summed E-state index contributed by atoms with van der Waals surface area (Å²) in [6, 6.07) is 9.98. The highest BCUT2D eigenvalue weighted by atomic mass is 16.7. The highest BCUT2D eigenvalue weighted by molar-refractivity contribution is 5.92. The molecule has 21 heavy (non-hydrogen) atoms. The van der Waals surface area contributed by atoms with Gasteiger partial charge in [0, 0.05) is 5.92 Å². The lowest BCUT2D eigenvalue weighted by Crippen LogP contribution is -2.48. The summed E-state index contributed by atoms with van der Waals surface area (Å²) in [6.45, 7) is 3.14. The van der Waals surface area contributed by atoms with Crippen molar-refractivity contribution < 1.29 is 14.3 Å². The fourth-order valence-corrected chi connectivity index (χ4v) is 3.66. The molecular weight excluding hydrogens is 264 g/mol. The molecule has 114 valence electrons. The fraction of sp³-hybridized carbons (Fsp3) is 0.611. The summed E-state index contributed by atoms with van der Waals surface area (Å²) >= 11 is 0. The van der Waals surface area contributed by atoms with Crippen LogP contribution in [0, 0.1) is 5.92 Å². The SMILES string of the molecule is CC(C(=O)C1CCCCC1)(c1ccccc1)C1OCCO1. The van der Waals surface area contributed by atoms with Gasteiger partial charge in [-0.15, -0.1) is 0 Å². The summed E-state index contributed by atoms with van der Waals surface area (Å²) in [5.74, 6) is 0.442. The molecule has 3 heteroatoms. The van der Waals surface area contributed by atoms with E-state index in [4.69, 9.17) is 9.47 Å². The number of carbonyl (C=O) groups excluding carboxylic acids is 1. The Morgan fingerprint density at radius 2 is 1.67 bits per heavy atom. The van der Waals surface area contributed by atoms with Crippen molar-refractivity contribution in [2.75, 3.05) is 13.2 Å². The van der Waals surface area contributed by atoms with Crippen molar-refractivity contribution in [3.63, 3.8) is 0 Å². The molecule has 2 aliphatic rings. The van der Waals surface area contributed by atoms with Gasteiger partial charge in [-0.05, 0) is 25.3 Å². The van der Waals surface area contributed by atoms with Gasteiger partial charge in [-0.3, -0.25) is 4.79 Å². The monoisotopic (exact) mass is 288 g/mol. The number of benzene rings is 1. The Kier molecular flexibility index (Phi) is 4.41. The van der Waals surface area contributed by atoms with Crippen LogP contribution in [0.4, 0.5) is 0 Å². The van der Waals surface area contributed by atoms with Crippen LogP contribution < -0.4 is 0 Å². The average Bonchev–Trinajstić information content (AvgIpc) is 3.10. The van der Waals surface area contributed by atoms with Gasteiger partial charge in [0.25, 0.3) is 0 Å². The Morgan fingerprint density at radius 1 is 1.05 bits per heavy atom. The molecule has 1 atom stereocenters. The molecule has 3 nitrogen and oxygen atoms in total. The van der Waals surface area contributed by atoms with Gasteiger partial charge in [-0.25, -0.2) is 0 Å². The molecule has 1 aromatic rings. The van der Waals surface area contributed by atoms with Crippen LogP contribution in [0.2, 0.25) is 0 Å². The zero-order valence-electron chi connectivity index (χ0n) is 12.7. The number of hydrogen-bond donors (Lipinski definition) is 0. The van der Waals surface area contributed by atoms with E-state index >= 15 is 0 Å². The quantitative estimate of drug-likeness (QED) is 0.851. The van der Waals surface area contributed by atoms with Crippen molar-refractivity contribution in [1.82, 2.24) is 0 Å². The third-order valence-corrected chi connectivity index (χ3v) is 4.95. The minimum atomic E-state index is -0.695. The average molecular weight is 288 g/mol. The number of hydrogen-bond acceptors (Lipinski definition) is 3. The second-order valence-electron chi connectivity index (χ2n) is 6.34. The van der Waals surface area contributed by atoms with E-state index in [1.807, 2.05) is 37.3 Å². The first-order chi connectivity index (χ1) is 10.2. The molecule has 0 amide bonds. The van der Waals surface area contributed by atoms with Gasteiger partial charge < -0.3 is 9.47 Å². The molecule has 0 N–H and O–H groups in total. The second kappa shape index (κ2) is 6.29. The first kappa shape index (κ1) is 14.7. The van der Waals surface area contributed by atoms with Crippen LogP contribution in [0.25, 0.3) is 0 Å². The number of rotatable bonds is 4. The maximum absolute atomic E-state index is 13.2. The third kappa shape index (κ3) is 2.77. The highest BCUT2D eigenvalue weighted by Crippen LogP contribution is 2.39. The first-order valence-corrected chi connectivity index (χ1v) is 8.06. The zero-order valence-corrected chi connectivity index (χ0v) is 12.7. The largest absolute Gasteiger partial charge is 0.349 e. The first-order valence-electron chi connectivity index (χ1n) is 8.06. The minimum Gasteiger partial charge on any atom is -0.349 e. The minimum absolute atomic E-state index is 0.150. The van der Waals surface area contributed by atoms with Gasteiger partial charge in [0.2, 0.25) is 0 Å². The van der Waals surface area contributed by atoms with Crippen molar-refractivity contribution in [2.24, 2.45) is 5.92 Å². The van der Waals surface area contributed by atoms with Crippen LogP contribution in [-0.4, -0.2) is 25.3 Å². The zero-order chi connectivity index (χ0) is 14.7. The molecule has 0 spiro atoms. The topological polar surface area (TPSA) is 35.5 Å².